The van der Waals surface area contributed by atoms with Crippen molar-refractivity contribution in [3.63, 3.8) is 0 Å². The fourth-order valence-corrected chi connectivity index (χ4v) is 4.40. The Hall–Kier alpha value is -2.42. The fraction of sp³-hybridized carbons (Fsp3) is 0.739. The molecule has 3 rings (SSSR count). The highest BCUT2D eigenvalue weighted by molar-refractivity contribution is 5.89. The van der Waals surface area contributed by atoms with E-state index < -0.39 is 29.6 Å². The van der Waals surface area contributed by atoms with E-state index in [1.807, 2.05) is 13.8 Å². The molecule has 9 heteroatoms. The third-order valence-electron chi connectivity index (χ3n) is 6.05. The zero-order valence-corrected chi connectivity index (χ0v) is 19.6. The predicted molar refractivity (Wildman–Crippen MR) is 117 cm³/mol. The van der Waals surface area contributed by atoms with Gasteiger partial charge in [0.05, 0.1) is 6.10 Å². The summed E-state index contributed by atoms with van der Waals surface area (Å²) in [5.74, 6) is -0.389. The Morgan fingerprint density at radius 2 is 1.94 bits per heavy atom. The Balaban J connectivity index is 1.78. The number of carbonyl (C=O) groups excluding carboxylic acids is 3. The van der Waals surface area contributed by atoms with Gasteiger partial charge in [-0.25, -0.2) is 4.79 Å². The van der Waals surface area contributed by atoms with E-state index in [0.717, 1.165) is 19.1 Å². The first-order chi connectivity index (χ1) is 15.0. The minimum absolute atomic E-state index is 0.0756. The number of aliphatic hydroxyl groups excluding tert-OH is 1. The standard InChI is InChI=1S/C23H35N3O6/c1-14(2)20(18-11-19(24-32-18)25-8-6-15(13-27)7-9-25)21(29)26-12-16(28)10-17(26)22(30)31-23(3,4)5/h11,13-17,20,28H,6-10,12H2,1-5H3/t16?,17?,20-/m1/s1. The molecular formula is C23H35N3O6. The van der Waals surface area contributed by atoms with Gasteiger partial charge in [0.25, 0.3) is 0 Å². The molecule has 0 radical (unpaired) electrons. The van der Waals surface area contributed by atoms with Crippen molar-refractivity contribution >= 4 is 24.0 Å². The topological polar surface area (TPSA) is 113 Å². The van der Waals surface area contributed by atoms with Gasteiger partial charge in [0.2, 0.25) is 5.91 Å². The highest BCUT2D eigenvalue weighted by atomic mass is 16.6. The molecule has 1 amide bonds. The number of carbonyl (C=O) groups is 3. The zero-order valence-electron chi connectivity index (χ0n) is 19.6. The van der Waals surface area contributed by atoms with Crippen molar-refractivity contribution in [2.45, 2.75) is 77.5 Å². The van der Waals surface area contributed by atoms with Crippen LogP contribution in [-0.4, -0.2) is 70.7 Å². The second-order valence-corrected chi connectivity index (χ2v) is 10.2. The van der Waals surface area contributed by atoms with Crippen LogP contribution in [-0.2, 0) is 19.1 Å². The van der Waals surface area contributed by atoms with Gasteiger partial charge in [-0.15, -0.1) is 0 Å². The van der Waals surface area contributed by atoms with Crippen LogP contribution >= 0.6 is 0 Å². The summed E-state index contributed by atoms with van der Waals surface area (Å²) in [4.78, 5) is 40.7. The molecule has 1 N–H and O–H groups in total. The van der Waals surface area contributed by atoms with Crippen molar-refractivity contribution < 1.29 is 28.8 Å². The number of nitrogens with zero attached hydrogens (tertiary/aromatic N) is 3. The minimum Gasteiger partial charge on any atom is -0.458 e. The molecule has 2 aliphatic heterocycles. The van der Waals surface area contributed by atoms with Crippen LogP contribution in [0.1, 0.15) is 65.6 Å². The molecule has 0 saturated carbocycles. The highest BCUT2D eigenvalue weighted by Gasteiger charge is 2.44. The Kier molecular flexibility index (Phi) is 7.27. The van der Waals surface area contributed by atoms with Gasteiger partial charge in [-0.05, 0) is 39.5 Å². The second kappa shape index (κ2) is 9.60. The maximum absolute atomic E-state index is 13.5. The molecule has 0 aromatic carbocycles. The third kappa shape index (κ3) is 5.49. The van der Waals surface area contributed by atoms with Gasteiger partial charge < -0.3 is 29.0 Å². The van der Waals surface area contributed by atoms with Gasteiger partial charge in [0.1, 0.15) is 23.8 Å². The molecule has 1 aromatic heterocycles. The molecule has 0 aliphatic carbocycles. The van der Waals surface area contributed by atoms with Crippen LogP contribution in [0.25, 0.3) is 0 Å². The SMILES string of the molecule is CC(C)[C@@H](C(=O)N1CC(O)CC1C(=O)OC(C)(C)C)c1cc(N2CCC(C=O)CC2)no1. The van der Waals surface area contributed by atoms with Crippen LogP contribution in [0.2, 0.25) is 0 Å². The highest BCUT2D eigenvalue weighted by Crippen LogP contribution is 2.33. The number of aldehydes is 1. The number of aliphatic hydroxyl groups is 1. The summed E-state index contributed by atoms with van der Waals surface area (Å²) in [5, 5.41) is 14.4. The molecule has 0 spiro atoms. The monoisotopic (exact) mass is 449 g/mol. The minimum atomic E-state index is -0.831. The van der Waals surface area contributed by atoms with Crippen molar-refractivity contribution in [2.24, 2.45) is 11.8 Å². The molecule has 2 aliphatic rings. The smallest absolute Gasteiger partial charge is 0.329 e. The maximum atomic E-state index is 13.5. The number of esters is 1. The van der Waals surface area contributed by atoms with Gasteiger partial charge in [-0.3, -0.25) is 4.79 Å². The van der Waals surface area contributed by atoms with Crippen LogP contribution in [0, 0.1) is 11.8 Å². The molecule has 32 heavy (non-hydrogen) atoms. The number of β-amino-alcohol motifs (C(OH)–C–C–N with tert-alkyl or cyclic N) is 1. The second-order valence-electron chi connectivity index (χ2n) is 10.2. The molecule has 178 valence electrons. The first-order valence-electron chi connectivity index (χ1n) is 11.4. The van der Waals surface area contributed by atoms with Gasteiger partial charge in [0.15, 0.2) is 11.6 Å². The number of ether oxygens (including phenoxy) is 1. The van der Waals surface area contributed by atoms with Gasteiger partial charge in [-0.2, -0.15) is 0 Å². The van der Waals surface area contributed by atoms with Crippen molar-refractivity contribution in [1.82, 2.24) is 10.1 Å². The molecular weight excluding hydrogens is 414 g/mol. The van der Waals surface area contributed by atoms with Gasteiger partial charge in [-0.1, -0.05) is 19.0 Å². The first kappa shape index (κ1) is 24.2. The number of piperidine rings is 1. The van der Waals surface area contributed by atoms with E-state index in [9.17, 15) is 19.5 Å². The lowest BCUT2D eigenvalue weighted by Crippen LogP contribution is -2.46. The van der Waals surface area contributed by atoms with E-state index in [2.05, 4.69) is 10.1 Å². The molecule has 2 saturated heterocycles. The molecule has 0 bridgehead atoms. The Labute approximate surface area is 189 Å². The number of likely N-dealkylation sites (tertiary alicyclic amines) is 1. The normalized spacial score (nSPS) is 23.5. The lowest BCUT2D eigenvalue weighted by molar-refractivity contribution is -0.163. The van der Waals surface area contributed by atoms with Gasteiger partial charge >= 0.3 is 5.97 Å². The van der Waals surface area contributed by atoms with E-state index in [4.69, 9.17) is 9.26 Å². The summed E-state index contributed by atoms with van der Waals surface area (Å²) < 4.78 is 11.1. The summed E-state index contributed by atoms with van der Waals surface area (Å²) >= 11 is 0. The Morgan fingerprint density at radius 3 is 2.50 bits per heavy atom. The number of hydrogen-bond acceptors (Lipinski definition) is 8. The van der Waals surface area contributed by atoms with Crippen molar-refractivity contribution in [1.29, 1.82) is 0 Å². The molecule has 3 atom stereocenters. The van der Waals surface area contributed by atoms with Crippen molar-refractivity contribution in [2.75, 3.05) is 24.5 Å². The Morgan fingerprint density at radius 1 is 1.28 bits per heavy atom. The number of hydrogen-bond donors (Lipinski definition) is 1. The molecule has 9 nitrogen and oxygen atoms in total. The molecule has 3 heterocycles. The summed E-state index contributed by atoms with van der Waals surface area (Å²) in [6.07, 6.45) is 1.90. The summed E-state index contributed by atoms with van der Waals surface area (Å²) in [6, 6.07) is 0.946. The van der Waals surface area contributed by atoms with Crippen molar-refractivity contribution in [3.05, 3.63) is 11.8 Å². The van der Waals surface area contributed by atoms with Crippen LogP contribution < -0.4 is 4.90 Å². The average Bonchev–Trinajstić information content (AvgIpc) is 3.33. The van der Waals surface area contributed by atoms with Crippen LogP contribution in [0.4, 0.5) is 5.82 Å². The Bertz CT molecular complexity index is 822. The number of aromatic nitrogens is 1. The fourth-order valence-electron chi connectivity index (χ4n) is 4.40. The van der Waals surface area contributed by atoms with Gasteiger partial charge in [0, 0.05) is 38.0 Å². The summed E-state index contributed by atoms with van der Waals surface area (Å²) in [6.45, 7) is 10.6. The lowest BCUT2D eigenvalue weighted by Gasteiger charge is -2.30. The summed E-state index contributed by atoms with van der Waals surface area (Å²) in [7, 11) is 0. The van der Waals surface area contributed by atoms with E-state index >= 15 is 0 Å². The van der Waals surface area contributed by atoms with E-state index in [1.165, 1.54) is 4.90 Å². The predicted octanol–water partition coefficient (Wildman–Crippen LogP) is 2.13. The molecule has 1 aromatic rings. The maximum Gasteiger partial charge on any atom is 0.329 e. The molecule has 2 unspecified atom stereocenters. The van der Waals surface area contributed by atoms with Crippen LogP contribution in [0.5, 0.6) is 0 Å². The molecule has 2 fully saturated rings. The van der Waals surface area contributed by atoms with E-state index in [-0.39, 0.29) is 30.7 Å². The van der Waals surface area contributed by atoms with Crippen LogP contribution in [0.3, 0.4) is 0 Å². The number of amides is 1. The largest absolute Gasteiger partial charge is 0.458 e. The third-order valence-corrected chi connectivity index (χ3v) is 6.05. The number of rotatable bonds is 6. The first-order valence-corrected chi connectivity index (χ1v) is 11.4. The summed E-state index contributed by atoms with van der Waals surface area (Å²) in [5.41, 5.74) is -0.687. The van der Waals surface area contributed by atoms with E-state index in [0.29, 0.717) is 24.7 Å². The quantitative estimate of drug-likeness (QED) is 0.519. The van der Waals surface area contributed by atoms with Crippen LogP contribution in [0.15, 0.2) is 10.6 Å². The average molecular weight is 450 g/mol. The number of anilines is 1. The lowest BCUT2D eigenvalue weighted by atomic mass is 9.91. The zero-order chi connectivity index (χ0) is 23.6. The van der Waals surface area contributed by atoms with Crippen molar-refractivity contribution in [3.8, 4) is 0 Å². The van der Waals surface area contributed by atoms with E-state index in [1.54, 1.807) is 26.8 Å².